The van der Waals surface area contributed by atoms with Gasteiger partial charge < -0.3 is 19.7 Å². The average molecular weight is 461 g/mol. The number of rotatable bonds is 6. The summed E-state index contributed by atoms with van der Waals surface area (Å²) < 4.78 is 23.9. The number of hydrogen-bond donors (Lipinski definition) is 1. The minimum absolute atomic E-state index is 0.131. The molecule has 7 nitrogen and oxygen atoms in total. The van der Waals surface area contributed by atoms with Crippen molar-refractivity contribution in [2.24, 2.45) is 0 Å². The number of amides is 3. The number of anilines is 1. The predicted octanol–water partition coefficient (Wildman–Crippen LogP) is 4.32. The molecule has 34 heavy (non-hydrogen) atoms. The molecule has 1 fully saturated rings. The Balaban J connectivity index is 1.24. The van der Waals surface area contributed by atoms with Crippen molar-refractivity contribution < 1.29 is 23.5 Å². The lowest BCUT2D eigenvalue weighted by molar-refractivity contribution is 0.0950. The second-order valence-corrected chi connectivity index (χ2v) is 8.26. The van der Waals surface area contributed by atoms with E-state index in [-0.39, 0.29) is 24.5 Å². The van der Waals surface area contributed by atoms with Gasteiger partial charge in [-0.1, -0.05) is 24.3 Å². The highest BCUT2D eigenvalue weighted by molar-refractivity contribution is 5.98. The number of urea groups is 1. The molecule has 3 aromatic carbocycles. The number of carbonyl (C=O) groups excluding carboxylic acids is 2. The van der Waals surface area contributed by atoms with Crippen LogP contribution >= 0.6 is 0 Å². The molecule has 0 unspecified atom stereocenters. The summed E-state index contributed by atoms with van der Waals surface area (Å²) in [6.07, 6.45) is 0.799. The van der Waals surface area contributed by atoms with Crippen LogP contribution in [0.25, 0.3) is 0 Å². The Morgan fingerprint density at radius 1 is 0.941 bits per heavy atom. The second-order valence-electron chi connectivity index (χ2n) is 8.26. The third kappa shape index (κ3) is 4.66. The number of benzene rings is 3. The van der Waals surface area contributed by atoms with Gasteiger partial charge in [0.25, 0.3) is 5.91 Å². The number of fused-ring (bicyclic) bond motifs is 1. The van der Waals surface area contributed by atoms with Crippen molar-refractivity contribution >= 4 is 17.6 Å². The highest BCUT2D eigenvalue weighted by atomic mass is 19.1. The van der Waals surface area contributed by atoms with Gasteiger partial charge in [0, 0.05) is 37.4 Å². The van der Waals surface area contributed by atoms with E-state index >= 15 is 0 Å². The van der Waals surface area contributed by atoms with E-state index in [0.29, 0.717) is 48.9 Å². The molecule has 2 aliphatic rings. The highest BCUT2D eigenvalue weighted by Gasteiger charge is 2.27. The van der Waals surface area contributed by atoms with Crippen molar-refractivity contribution in [3.05, 3.63) is 89.2 Å². The Bertz CT molecular complexity index is 1210. The molecule has 0 spiro atoms. The smallest absolute Gasteiger partial charge is 0.324 e. The standard InChI is InChI=1S/C26H24FN3O4/c27-21-8-5-18(6-9-21)16-29-11-2-12-30(26(29)32)22-4-1-3-20(14-22)25(31)28-15-19-7-10-23-24(13-19)34-17-33-23/h1,3-10,13-14H,2,11-12,15-17H2,(H,28,31). The first kappa shape index (κ1) is 21.8. The summed E-state index contributed by atoms with van der Waals surface area (Å²) in [6.45, 7) is 2.15. The number of ether oxygens (including phenoxy) is 2. The van der Waals surface area contributed by atoms with Crippen molar-refractivity contribution in [3.63, 3.8) is 0 Å². The Kier molecular flexibility index (Phi) is 6.03. The first-order valence-corrected chi connectivity index (χ1v) is 11.1. The van der Waals surface area contributed by atoms with Crippen molar-refractivity contribution in [2.75, 3.05) is 24.8 Å². The van der Waals surface area contributed by atoms with Crippen LogP contribution in [0.5, 0.6) is 11.5 Å². The number of nitrogens with one attached hydrogen (secondary N) is 1. The van der Waals surface area contributed by atoms with Gasteiger partial charge in [0.2, 0.25) is 6.79 Å². The van der Waals surface area contributed by atoms with Gasteiger partial charge >= 0.3 is 6.03 Å². The van der Waals surface area contributed by atoms with Gasteiger partial charge in [-0.05, 0) is 60.0 Å². The zero-order valence-corrected chi connectivity index (χ0v) is 18.5. The summed E-state index contributed by atoms with van der Waals surface area (Å²) in [5.74, 6) is 0.834. The molecule has 0 aliphatic carbocycles. The van der Waals surface area contributed by atoms with Crippen LogP contribution in [0.3, 0.4) is 0 Å². The van der Waals surface area contributed by atoms with Crippen LogP contribution in [0.15, 0.2) is 66.7 Å². The topological polar surface area (TPSA) is 71.1 Å². The lowest BCUT2D eigenvalue weighted by atomic mass is 10.1. The summed E-state index contributed by atoms with van der Waals surface area (Å²) in [5, 5.41) is 2.91. The van der Waals surface area contributed by atoms with Crippen LogP contribution in [0.1, 0.15) is 27.9 Å². The molecule has 0 atom stereocenters. The van der Waals surface area contributed by atoms with Gasteiger partial charge in [0.05, 0.1) is 0 Å². The lowest BCUT2D eigenvalue weighted by Gasteiger charge is -2.35. The van der Waals surface area contributed by atoms with Gasteiger partial charge in [-0.15, -0.1) is 0 Å². The maximum absolute atomic E-state index is 13.2. The minimum Gasteiger partial charge on any atom is -0.454 e. The molecule has 3 amide bonds. The van der Waals surface area contributed by atoms with E-state index in [1.807, 2.05) is 24.3 Å². The first-order valence-electron chi connectivity index (χ1n) is 11.1. The van der Waals surface area contributed by atoms with Gasteiger partial charge in [0.15, 0.2) is 11.5 Å². The summed E-state index contributed by atoms with van der Waals surface area (Å²) in [5.41, 5.74) is 2.91. The summed E-state index contributed by atoms with van der Waals surface area (Å²) in [6, 6.07) is 18.6. The monoisotopic (exact) mass is 461 g/mol. The molecular weight excluding hydrogens is 437 g/mol. The highest BCUT2D eigenvalue weighted by Crippen LogP contribution is 2.32. The zero-order valence-electron chi connectivity index (χ0n) is 18.5. The molecule has 3 aromatic rings. The number of nitrogens with zero attached hydrogens (tertiary/aromatic N) is 2. The van der Waals surface area contributed by atoms with E-state index in [1.165, 1.54) is 12.1 Å². The van der Waals surface area contributed by atoms with Gasteiger partial charge in [0.1, 0.15) is 5.82 Å². The Morgan fingerprint density at radius 3 is 2.59 bits per heavy atom. The Labute approximate surface area is 196 Å². The largest absolute Gasteiger partial charge is 0.454 e. The van der Waals surface area contributed by atoms with Crippen LogP contribution in [-0.4, -0.2) is 36.7 Å². The van der Waals surface area contributed by atoms with E-state index in [9.17, 15) is 14.0 Å². The molecule has 1 saturated heterocycles. The molecule has 0 radical (unpaired) electrons. The van der Waals surface area contributed by atoms with E-state index in [4.69, 9.17) is 9.47 Å². The Hall–Kier alpha value is -4.07. The minimum atomic E-state index is -0.302. The van der Waals surface area contributed by atoms with Gasteiger partial charge in [-0.3, -0.25) is 9.69 Å². The van der Waals surface area contributed by atoms with Gasteiger partial charge in [-0.2, -0.15) is 0 Å². The molecule has 2 aliphatic heterocycles. The van der Waals surface area contributed by atoms with Crippen molar-refractivity contribution in [3.8, 4) is 11.5 Å². The SMILES string of the molecule is O=C(NCc1ccc2c(c1)OCO2)c1cccc(N2CCCN(Cc3ccc(F)cc3)C2=O)c1. The van der Waals surface area contributed by atoms with Crippen LogP contribution in [0.4, 0.5) is 14.9 Å². The third-order valence-corrected chi connectivity index (χ3v) is 5.91. The van der Waals surface area contributed by atoms with Crippen molar-refractivity contribution in [1.82, 2.24) is 10.2 Å². The fourth-order valence-electron chi connectivity index (χ4n) is 4.13. The number of carbonyl (C=O) groups is 2. The fourth-order valence-corrected chi connectivity index (χ4v) is 4.13. The molecule has 5 rings (SSSR count). The summed E-state index contributed by atoms with van der Waals surface area (Å²) >= 11 is 0. The van der Waals surface area contributed by atoms with E-state index in [1.54, 1.807) is 40.1 Å². The molecule has 174 valence electrons. The average Bonchev–Trinajstić information content (AvgIpc) is 3.33. The van der Waals surface area contributed by atoms with E-state index in [0.717, 1.165) is 17.5 Å². The first-order chi connectivity index (χ1) is 16.6. The fraction of sp³-hybridized carbons (Fsp3) is 0.231. The molecule has 2 heterocycles. The molecule has 0 bridgehead atoms. The number of hydrogen-bond acceptors (Lipinski definition) is 4. The summed E-state index contributed by atoms with van der Waals surface area (Å²) in [4.78, 5) is 29.3. The van der Waals surface area contributed by atoms with E-state index < -0.39 is 0 Å². The molecule has 1 N–H and O–H groups in total. The number of halogens is 1. The summed E-state index contributed by atoms with van der Waals surface area (Å²) in [7, 11) is 0. The second kappa shape index (κ2) is 9.43. The maximum Gasteiger partial charge on any atom is 0.324 e. The van der Waals surface area contributed by atoms with Crippen LogP contribution in [-0.2, 0) is 13.1 Å². The van der Waals surface area contributed by atoms with E-state index in [2.05, 4.69) is 5.32 Å². The molecule has 0 aromatic heterocycles. The normalized spacial score (nSPS) is 14.9. The van der Waals surface area contributed by atoms with Crippen LogP contribution < -0.4 is 19.7 Å². The lowest BCUT2D eigenvalue weighted by Crippen LogP contribution is -2.49. The molecule has 8 heteroatoms. The Morgan fingerprint density at radius 2 is 1.74 bits per heavy atom. The van der Waals surface area contributed by atoms with Crippen LogP contribution in [0.2, 0.25) is 0 Å². The van der Waals surface area contributed by atoms with Crippen molar-refractivity contribution in [1.29, 1.82) is 0 Å². The van der Waals surface area contributed by atoms with Gasteiger partial charge in [-0.25, -0.2) is 9.18 Å². The van der Waals surface area contributed by atoms with Crippen LogP contribution in [0, 0.1) is 5.82 Å². The zero-order chi connectivity index (χ0) is 23.5. The predicted molar refractivity (Wildman–Crippen MR) is 124 cm³/mol. The molecule has 0 saturated carbocycles. The van der Waals surface area contributed by atoms with Crippen molar-refractivity contribution in [2.45, 2.75) is 19.5 Å². The third-order valence-electron chi connectivity index (χ3n) is 5.91. The maximum atomic E-state index is 13.2. The quantitative estimate of drug-likeness (QED) is 0.594. The molecular formula is C26H24FN3O4.